The van der Waals surface area contributed by atoms with Crippen molar-refractivity contribution in [2.24, 2.45) is 5.92 Å². The van der Waals surface area contributed by atoms with E-state index in [1.54, 1.807) is 18.3 Å². The van der Waals surface area contributed by atoms with Gasteiger partial charge in [-0.2, -0.15) is 8.78 Å². The predicted octanol–water partition coefficient (Wildman–Crippen LogP) is 3.14. The zero-order valence-electron chi connectivity index (χ0n) is 14.6. The zero-order valence-corrected chi connectivity index (χ0v) is 14.6. The van der Waals surface area contributed by atoms with Crippen molar-refractivity contribution in [1.82, 2.24) is 4.98 Å². The maximum Gasteiger partial charge on any atom is 0.387 e. The van der Waals surface area contributed by atoms with Crippen molar-refractivity contribution in [3.05, 3.63) is 48.2 Å². The average Bonchev–Trinajstić information content (AvgIpc) is 2.68. The highest BCUT2D eigenvalue weighted by Gasteiger charge is 2.22. The molecule has 6 nitrogen and oxygen atoms in total. The lowest BCUT2D eigenvalue weighted by Crippen LogP contribution is -2.35. The van der Waals surface area contributed by atoms with Gasteiger partial charge in [0.15, 0.2) is 5.82 Å². The van der Waals surface area contributed by atoms with Gasteiger partial charge in [-0.1, -0.05) is 0 Å². The number of piperidine rings is 1. The highest BCUT2D eigenvalue weighted by Crippen LogP contribution is 2.28. The largest absolute Gasteiger partial charge is 0.435 e. The van der Waals surface area contributed by atoms with Crippen molar-refractivity contribution in [2.75, 3.05) is 29.9 Å². The summed E-state index contributed by atoms with van der Waals surface area (Å²) in [6.45, 7) is -1.21. The van der Waals surface area contributed by atoms with E-state index in [1.807, 2.05) is 0 Å². The van der Waals surface area contributed by atoms with Crippen molar-refractivity contribution in [2.45, 2.75) is 19.5 Å². The summed E-state index contributed by atoms with van der Waals surface area (Å²) in [6, 6.07) is 9.01. The summed E-state index contributed by atoms with van der Waals surface area (Å²) < 4.78 is 28.7. The standard InChI is InChI=1S/C19H21F2N3O3/c20-19(21)27-15-5-3-14(4-6-15)18(26)23-16-2-1-9-22-17(16)24-10-7-13(12-25)8-11-24/h1-6,9,13,19,25H,7-8,10-12H2,(H,23,26). The molecule has 2 aromatic rings. The third kappa shape index (κ3) is 4.91. The van der Waals surface area contributed by atoms with E-state index in [4.69, 9.17) is 0 Å². The molecule has 1 amide bonds. The SMILES string of the molecule is O=C(Nc1cccnc1N1CCC(CO)CC1)c1ccc(OC(F)F)cc1. The van der Waals surface area contributed by atoms with Crippen LogP contribution in [0.1, 0.15) is 23.2 Å². The fraction of sp³-hybridized carbons (Fsp3) is 0.368. The fourth-order valence-electron chi connectivity index (χ4n) is 3.06. The number of aromatic nitrogens is 1. The molecule has 0 atom stereocenters. The van der Waals surface area contributed by atoms with Gasteiger partial charge in [-0.3, -0.25) is 4.79 Å². The van der Waals surface area contributed by atoms with Crippen LogP contribution in [-0.2, 0) is 0 Å². The Morgan fingerprint density at radius 2 is 1.96 bits per heavy atom. The summed E-state index contributed by atoms with van der Waals surface area (Å²) in [7, 11) is 0. The van der Waals surface area contributed by atoms with E-state index in [1.165, 1.54) is 24.3 Å². The summed E-state index contributed by atoms with van der Waals surface area (Å²) in [5.74, 6) is 0.616. The molecular formula is C19H21F2N3O3. The van der Waals surface area contributed by atoms with Crippen LogP contribution in [0.15, 0.2) is 42.6 Å². The van der Waals surface area contributed by atoms with Crippen LogP contribution >= 0.6 is 0 Å². The molecule has 1 aromatic heterocycles. The molecule has 27 heavy (non-hydrogen) atoms. The number of halogens is 2. The van der Waals surface area contributed by atoms with E-state index in [9.17, 15) is 18.7 Å². The zero-order chi connectivity index (χ0) is 19.2. The molecule has 0 aliphatic carbocycles. The number of benzene rings is 1. The van der Waals surface area contributed by atoms with Crippen LogP contribution in [-0.4, -0.2) is 42.3 Å². The normalized spacial score (nSPS) is 15.0. The van der Waals surface area contributed by atoms with Crippen LogP contribution < -0.4 is 15.0 Å². The molecule has 1 aromatic carbocycles. The molecule has 3 rings (SSSR count). The van der Waals surface area contributed by atoms with Gasteiger partial charge in [-0.25, -0.2) is 4.98 Å². The van der Waals surface area contributed by atoms with E-state index in [0.29, 0.717) is 23.0 Å². The molecule has 0 saturated carbocycles. The molecule has 1 aliphatic rings. The van der Waals surface area contributed by atoms with Gasteiger partial charge in [-0.05, 0) is 55.2 Å². The smallest absolute Gasteiger partial charge is 0.387 e. The van der Waals surface area contributed by atoms with Gasteiger partial charge in [0.2, 0.25) is 0 Å². The van der Waals surface area contributed by atoms with Crippen LogP contribution in [0.5, 0.6) is 5.75 Å². The number of carbonyl (C=O) groups excluding carboxylic acids is 1. The maximum absolute atomic E-state index is 12.5. The summed E-state index contributed by atoms with van der Waals surface area (Å²) in [6.07, 6.45) is 3.40. The minimum Gasteiger partial charge on any atom is -0.435 e. The fourth-order valence-corrected chi connectivity index (χ4v) is 3.06. The van der Waals surface area contributed by atoms with E-state index in [2.05, 4.69) is 19.9 Å². The molecule has 8 heteroatoms. The molecule has 1 saturated heterocycles. The van der Waals surface area contributed by atoms with Gasteiger partial charge >= 0.3 is 6.61 Å². The van der Waals surface area contributed by atoms with E-state index in [0.717, 1.165) is 25.9 Å². The lowest BCUT2D eigenvalue weighted by Gasteiger charge is -2.33. The highest BCUT2D eigenvalue weighted by molar-refractivity contribution is 6.05. The molecule has 0 unspecified atom stereocenters. The van der Waals surface area contributed by atoms with Gasteiger partial charge in [0.05, 0.1) is 5.69 Å². The first-order valence-corrected chi connectivity index (χ1v) is 8.74. The van der Waals surface area contributed by atoms with Crippen LogP contribution in [0.2, 0.25) is 0 Å². The first-order valence-electron chi connectivity index (χ1n) is 8.74. The number of nitrogens with one attached hydrogen (secondary N) is 1. The van der Waals surface area contributed by atoms with E-state index in [-0.39, 0.29) is 18.3 Å². The van der Waals surface area contributed by atoms with Crippen molar-refractivity contribution in [3.8, 4) is 5.75 Å². The summed E-state index contributed by atoms with van der Waals surface area (Å²) in [5, 5.41) is 12.1. The first kappa shape index (κ1) is 19.0. The Balaban J connectivity index is 1.69. The number of alkyl halides is 2. The Bertz CT molecular complexity index is 763. The van der Waals surface area contributed by atoms with Crippen molar-refractivity contribution >= 4 is 17.4 Å². The number of carbonyl (C=O) groups is 1. The van der Waals surface area contributed by atoms with Crippen molar-refractivity contribution < 1.29 is 23.4 Å². The summed E-state index contributed by atoms with van der Waals surface area (Å²) >= 11 is 0. The Labute approximate surface area is 155 Å². The lowest BCUT2D eigenvalue weighted by atomic mass is 9.98. The van der Waals surface area contributed by atoms with Crippen LogP contribution in [0, 0.1) is 5.92 Å². The Morgan fingerprint density at radius 1 is 1.26 bits per heavy atom. The van der Waals surface area contributed by atoms with Crippen LogP contribution in [0.4, 0.5) is 20.3 Å². The molecule has 2 heterocycles. The molecule has 1 aliphatic heterocycles. The van der Waals surface area contributed by atoms with Gasteiger partial charge < -0.3 is 20.1 Å². The second kappa shape index (κ2) is 8.77. The van der Waals surface area contributed by atoms with Crippen LogP contribution in [0.3, 0.4) is 0 Å². The number of aliphatic hydroxyl groups excluding tert-OH is 1. The number of amides is 1. The monoisotopic (exact) mass is 377 g/mol. The van der Waals surface area contributed by atoms with Gasteiger partial charge in [-0.15, -0.1) is 0 Å². The topological polar surface area (TPSA) is 74.7 Å². The number of ether oxygens (including phenoxy) is 1. The van der Waals surface area contributed by atoms with Crippen molar-refractivity contribution in [3.63, 3.8) is 0 Å². The molecular weight excluding hydrogens is 356 g/mol. The summed E-state index contributed by atoms with van der Waals surface area (Å²) in [4.78, 5) is 19.0. The molecule has 144 valence electrons. The third-order valence-corrected chi connectivity index (χ3v) is 4.55. The number of hydrogen-bond donors (Lipinski definition) is 2. The number of aliphatic hydroxyl groups is 1. The van der Waals surface area contributed by atoms with Gasteiger partial charge in [0.1, 0.15) is 5.75 Å². The second-order valence-corrected chi connectivity index (χ2v) is 6.34. The number of nitrogens with zero attached hydrogens (tertiary/aromatic N) is 2. The molecule has 0 radical (unpaired) electrons. The average molecular weight is 377 g/mol. The Kier molecular flexibility index (Phi) is 6.18. The number of rotatable bonds is 6. The van der Waals surface area contributed by atoms with Gasteiger partial charge in [0.25, 0.3) is 5.91 Å². The Morgan fingerprint density at radius 3 is 2.59 bits per heavy atom. The second-order valence-electron chi connectivity index (χ2n) is 6.34. The van der Waals surface area contributed by atoms with E-state index < -0.39 is 6.61 Å². The highest BCUT2D eigenvalue weighted by atomic mass is 19.3. The number of pyridine rings is 1. The summed E-state index contributed by atoms with van der Waals surface area (Å²) in [5.41, 5.74) is 0.906. The minimum atomic E-state index is -2.90. The maximum atomic E-state index is 12.5. The van der Waals surface area contributed by atoms with E-state index >= 15 is 0 Å². The lowest BCUT2D eigenvalue weighted by molar-refractivity contribution is -0.0498. The third-order valence-electron chi connectivity index (χ3n) is 4.55. The molecule has 0 bridgehead atoms. The number of hydrogen-bond acceptors (Lipinski definition) is 5. The molecule has 0 spiro atoms. The Hall–Kier alpha value is -2.74. The van der Waals surface area contributed by atoms with Crippen molar-refractivity contribution in [1.29, 1.82) is 0 Å². The number of anilines is 2. The van der Waals surface area contributed by atoms with Crippen LogP contribution in [0.25, 0.3) is 0 Å². The minimum absolute atomic E-state index is 0.00429. The van der Waals surface area contributed by atoms with Gasteiger partial charge in [0, 0.05) is 31.5 Å². The molecule has 1 fully saturated rings. The molecule has 2 N–H and O–H groups in total. The quantitative estimate of drug-likeness (QED) is 0.809. The first-order chi connectivity index (χ1) is 13.1. The predicted molar refractivity (Wildman–Crippen MR) is 97.3 cm³/mol.